The van der Waals surface area contributed by atoms with Gasteiger partial charge in [-0.2, -0.15) is 4.31 Å². The maximum Gasteiger partial charge on any atom is 0.245 e. The van der Waals surface area contributed by atoms with E-state index in [1.807, 2.05) is 0 Å². The minimum absolute atomic E-state index is 0.0330. The van der Waals surface area contributed by atoms with Gasteiger partial charge in [0.1, 0.15) is 4.90 Å². The lowest BCUT2D eigenvalue weighted by Crippen LogP contribution is -2.37. The Kier molecular flexibility index (Phi) is 3.70. The predicted octanol–water partition coefficient (Wildman–Crippen LogP) is 1.04. The molecule has 0 spiro atoms. The van der Waals surface area contributed by atoms with Gasteiger partial charge in [0.2, 0.25) is 10.0 Å². The molecule has 0 amide bonds. The zero-order chi connectivity index (χ0) is 16.0. The Morgan fingerprint density at radius 3 is 2.64 bits per heavy atom. The van der Waals surface area contributed by atoms with Crippen LogP contribution in [0.1, 0.15) is 6.42 Å². The Balaban J connectivity index is 2.05. The molecule has 1 fully saturated rings. The summed E-state index contributed by atoms with van der Waals surface area (Å²) in [5.41, 5.74) is 0.401. The standard InChI is InChI=1S/C14H16N2O4S2/c1-16(12-7-9-21(17,18)10-12)22(19,20)13-6-2-4-11-5-3-8-15-14(11)13/h2-6,8,12H,7,9-10H2,1H3/t12-/m0/s1. The van der Waals surface area contributed by atoms with Gasteiger partial charge in [-0.15, -0.1) is 0 Å². The van der Waals surface area contributed by atoms with Crippen molar-refractivity contribution in [2.24, 2.45) is 0 Å². The summed E-state index contributed by atoms with van der Waals surface area (Å²) in [7, 11) is -5.51. The fraction of sp³-hybridized carbons (Fsp3) is 0.357. The number of hydrogen-bond acceptors (Lipinski definition) is 5. The second-order valence-electron chi connectivity index (χ2n) is 5.41. The van der Waals surface area contributed by atoms with Crippen molar-refractivity contribution in [2.75, 3.05) is 18.6 Å². The molecule has 1 aromatic heterocycles. The molecule has 1 aliphatic rings. The Bertz CT molecular complexity index is 918. The molecule has 118 valence electrons. The van der Waals surface area contributed by atoms with Crippen LogP contribution in [0.4, 0.5) is 0 Å². The third kappa shape index (κ3) is 2.62. The lowest BCUT2D eigenvalue weighted by molar-refractivity contribution is 0.394. The topological polar surface area (TPSA) is 84.4 Å². The van der Waals surface area contributed by atoms with Crippen LogP contribution in [0.3, 0.4) is 0 Å². The van der Waals surface area contributed by atoms with E-state index in [2.05, 4.69) is 4.98 Å². The second kappa shape index (κ2) is 5.29. The van der Waals surface area contributed by atoms with E-state index in [-0.39, 0.29) is 16.4 Å². The van der Waals surface area contributed by atoms with Crippen LogP contribution in [-0.2, 0) is 19.9 Å². The number of sulfonamides is 1. The summed E-state index contributed by atoms with van der Waals surface area (Å²) in [6.07, 6.45) is 1.87. The van der Waals surface area contributed by atoms with Gasteiger partial charge in [-0.25, -0.2) is 16.8 Å². The molecule has 6 nitrogen and oxygen atoms in total. The number of benzene rings is 1. The molecular formula is C14H16N2O4S2. The minimum atomic E-state index is -3.79. The van der Waals surface area contributed by atoms with Gasteiger partial charge >= 0.3 is 0 Å². The molecule has 1 aromatic carbocycles. The smallest absolute Gasteiger partial charge is 0.245 e. The molecule has 0 N–H and O–H groups in total. The average molecular weight is 340 g/mol. The first-order chi connectivity index (χ1) is 10.3. The first-order valence-corrected chi connectivity index (χ1v) is 10.1. The van der Waals surface area contributed by atoms with Crippen molar-refractivity contribution in [3.63, 3.8) is 0 Å². The Hall–Kier alpha value is -1.51. The van der Waals surface area contributed by atoms with Gasteiger partial charge in [-0.05, 0) is 18.6 Å². The summed E-state index contributed by atoms with van der Waals surface area (Å²) in [6.45, 7) is 0. The van der Waals surface area contributed by atoms with Crippen LogP contribution in [-0.4, -0.2) is 50.7 Å². The molecule has 22 heavy (non-hydrogen) atoms. The van der Waals surface area contributed by atoms with Crippen molar-refractivity contribution in [3.8, 4) is 0 Å². The minimum Gasteiger partial charge on any atom is -0.255 e. The van der Waals surface area contributed by atoms with Gasteiger partial charge < -0.3 is 0 Å². The molecule has 2 aromatic rings. The maximum atomic E-state index is 12.8. The molecule has 0 bridgehead atoms. The molecule has 2 heterocycles. The van der Waals surface area contributed by atoms with Gasteiger partial charge in [-0.1, -0.05) is 18.2 Å². The summed E-state index contributed by atoms with van der Waals surface area (Å²) in [5, 5.41) is 0.732. The fourth-order valence-corrected chi connectivity index (χ4v) is 6.11. The molecule has 1 saturated heterocycles. The van der Waals surface area contributed by atoms with Gasteiger partial charge in [-0.3, -0.25) is 4.98 Å². The third-order valence-corrected chi connectivity index (χ3v) is 7.67. The van der Waals surface area contributed by atoms with Crippen LogP contribution in [0.25, 0.3) is 10.9 Å². The molecule has 1 atom stereocenters. The molecule has 1 aliphatic heterocycles. The Labute approximate surface area is 129 Å². The van der Waals surface area contributed by atoms with Gasteiger partial charge in [0.25, 0.3) is 0 Å². The van der Waals surface area contributed by atoms with Gasteiger partial charge in [0, 0.05) is 24.7 Å². The number of hydrogen-bond donors (Lipinski definition) is 0. The van der Waals surface area contributed by atoms with Crippen molar-refractivity contribution >= 4 is 30.8 Å². The summed E-state index contributed by atoms with van der Waals surface area (Å²) >= 11 is 0. The van der Waals surface area contributed by atoms with E-state index >= 15 is 0 Å². The molecule has 0 radical (unpaired) electrons. The largest absolute Gasteiger partial charge is 0.255 e. The van der Waals surface area contributed by atoms with Crippen LogP contribution >= 0.6 is 0 Å². The van der Waals surface area contributed by atoms with E-state index < -0.39 is 25.9 Å². The predicted molar refractivity (Wildman–Crippen MR) is 83.8 cm³/mol. The number of para-hydroxylation sites is 1. The maximum absolute atomic E-state index is 12.8. The van der Waals surface area contributed by atoms with E-state index in [0.717, 1.165) is 5.39 Å². The first kappa shape index (κ1) is 15.4. The molecule has 3 rings (SSSR count). The monoisotopic (exact) mass is 340 g/mol. The van der Waals surface area contributed by atoms with Crippen LogP contribution in [0, 0.1) is 0 Å². The first-order valence-electron chi connectivity index (χ1n) is 6.83. The zero-order valence-corrected chi connectivity index (χ0v) is 13.6. The van der Waals surface area contributed by atoms with Crippen molar-refractivity contribution in [1.82, 2.24) is 9.29 Å². The molecular weight excluding hydrogens is 324 g/mol. The van der Waals surface area contributed by atoms with E-state index in [1.165, 1.54) is 17.4 Å². The summed E-state index contributed by atoms with van der Waals surface area (Å²) in [5.74, 6) is -0.0910. The molecule has 0 unspecified atom stereocenters. The number of nitrogens with zero attached hydrogens (tertiary/aromatic N) is 2. The lowest BCUT2D eigenvalue weighted by Gasteiger charge is -2.23. The zero-order valence-electron chi connectivity index (χ0n) is 12.0. The second-order valence-corrected chi connectivity index (χ2v) is 9.60. The van der Waals surface area contributed by atoms with E-state index in [1.54, 1.807) is 30.5 Å². The van der Waals surface area contributed by atoms with Gasteiger partial charge in [0.05, 0.1) is 17.0 Å². The Morgan fingerprint density at radius 1 is 1.23 bits per heavy atom. The highest BCUT2D eigenvalue weighted by molar-refractivity contribution is 7.92. The SMILES string of the molecule is CN([C@H]1CCS(=O)(=O)C1)S(=O)(=O)c1cccc2cccnc12. The highest BCUT2D eigenvalue weighted by atomic mass is 32.2. The van der Waals surface area contributed by atoms with Crippen molar-refractivity contribution in [1.29, 1.82) is 0 Å². The van der Waals surface area contributed by atoms with Crippen LogP contribution < -0.4 is 0 Å². The van der Waals surface area contributed by atoms with Crippen LogP contribution in [0.2, 0.25) is 0 Å². The number of pyridine rings is 1. The van der Waals surface area contributed by atoms with Crippen LogP contribution in [0.15, 0.2) is 41.4 Å². The van der Waals surface area contributed by atoms with Gasteiger partial charge in [0.15, 0.2) is 9.84 Å². The Morgan fingerprint density at radius 2 is 1.95 bits per heavy atom. The molecule has 8 heteroatoms. The summed E-state index contributed by atoms with van der Waals surface area (Å²) in [4.78, 5) is 4.27. The third-order valence-electron chi connectivity index (χ3n) is 3.98. The van der Waals surface area contributed by atoms with E-state index in [9.17, 15) is 16.8 Å². The normalized spacial score (nSPS) is 21.5. The van der Waals surface area contributed by atoms with Crippen molar-refractivity contribution in [3.05, 3.63) is 36.5 Å². The summed E-state index contributed by atoms with van der Waals surface area (Å²) < 4.78 is 50.0. The van der Waals surface area contributed by atoms with E-state index in [4.69, 9.17) is 0 Å². The average Bonchev–Trinajstić information content (AvgIpc) is 2.85. The number of fused-ring (bicyclic) bond motifs is 1. The fourth-order valence-electron chi connectivity index (χ4n) is 2.70. The molecule has 0 saturated carbocycles. The summed E-state index contributed by atoms with van der Waals surface area (Å²) in [6, 6.07) is 7.98. The molecule has 0 aliphatic carbocycles. The number of aromatic nitrogens is 1. The van der Waals surface area contributed by atoms with E-state index in [0.29, 0.717) is 11.9 Å². The number of rotatable bonds is 3. The van der Waals surface area contributed by atoms with Crippen LogP contribution in [0.5, 0.6) is 0 Å². The highest BCUT2D eigenvalue weighted by Gasteiger charge is 2.37. The highest BCUT2D eigenvalue weighted by Crippen LogP contribution is 2.27. The lowest BCUT2D eigenvalue weighted by atomic mass is 10.2. The van der Waals surface area contributed by atoms with Crippen molar-refractivity contribution in [2.45, 2.75) is 17.4 Å². The van der Waals surface area contributed by atoms with Crippen molar-refractivity contribution < 1.29 is 16.8 Å². The number of sulfone groups is 1. The quantitative estimate of drug-likeness (QED) is 0.833.